The second-order valence-electron chi connectivity index (χ2n) is 6.54. The average molecular weight is 354 g/mol. The van der Waals surface area contributed by atoms with E-state index in [9.17, 15) is 10.1 Å². The van der Waals surface area contributed by atoms with Crippen molar-refractivity contribution in [3.05, 3.63) is 52.7 Å². The lowest BCUT2D eigenvalue weighted by atomic mass is 10.2. The molecule has 1 N–H and O–H groups in total. The quantitative estimate of drug-likeness (QED) is 0.823. The molecule has 0 aliphatic rings. The summed E-state index contributed by atoms with van der Waals surface area (Å²) in [6.07, 6.45) is 0.359. The van der Waals surface area contributed by atoms with Crippen LogP contribution in [-0.4, -0.2) is 36.2 Å². The summed E-state index contributed by atoms with van der Waals surface area (Å²) in [5, 5.41) is 12.3. The van der Waals surface area contributed by atoms with Gasteiger partial charge in [0.05, 0.1) is 5.56 Å². The van der Waals surface area contributed by atoms with Gasteiger partial charge in [0.1, 0.15) is 18.5 Å². The Morgan fingerprint density at radius 2 is 1.96 bits per heavy atom. The van der Waals surface area contributed by atoms with Gasteiger partial charge in [0.2, 0.25) is 0 Å². The number of nitrogens with one attached hydrogen (secondary N) is 1. The Kier molecular flexibility index (Phi) is 6.81. The highest BCUT2D eigenvalue weighted by Gasteiger charge is 2.20. The molecule has 0 unspecified atom stereocenters. The first-order valence-corrected chi connectivity index (χ1v) is 8.66. The van der Waals surface area contributed by atoms with Gasteiger partial charge in [-0.3, -0.25) is 5.32 Å². The lowest BCUT2D eigenvalue weighted by Crippen LogP contribution is -2.19. The van der Waals surface area contributed by atoms with Crippen LogP contribution in [0.25, 0.3) is 0 Å². The van der Waals surface area contributed by atoms with Crippen LogP contribution in [0.5, 0.6) is 0 Å². The van der Waals surface area contributed by atoms with Crippen molar-refractivity contribution in [2.24, 2.45) is 0 Å². The first kappa shape index (κ1) is 19.5. The van der Waals surface area contributed by atoms with Crippen LogP contribution in [0, 0.1) is 25.2 Å². The second-order valence-corrected chi connectivity index (χ2v) is 6.54. The number of nitrogens with zero attached hydrogens (tertiary/aromatic N) is 3. The molecule has 0 aliphatic carbocycles. The van der Waals surface area contributed by atoms with E-state index in [4.69, 9.17) is 4.74 Å². The van der Waals surface area contributed by atoms with E-state index in [2.05, 4.69) is 16.3 Å². The number of rotatable bonds is 7. The predicted octanol–water partition coefficient (Wildman–Crippen LogP) is 3.68. The van der Waals surface area contributed by atoms with Crippen LogP contribution in [-0.2, 0) is 17.9 Å². The number of carbonyl (C=O) groups is 1. The van der Waals surface area contributed by atoms with Crippen LogP contribution in [0.15, 0.2) is 30.3 Å². The van der Waals surface area contributed by atoms with Crippen molar-refractivity contribution < 1.29 is 9.53 Å². The molecule has 138 valence electrons. The molecule has 0 saturated carbocycles. The molecule has 0 saturated heterocycles. The van der Waals surface area contributed by atoms with Crippen LogP contribution < -0.4 is 5.32 Å². The fourth-order valence-electron chi connectivity index (χ4n) is 2.81. The van der Waals surface area contributed by atoms with Crippen LogP contribution in [0.4, 0.5) is 10.6 Å². The van der Waals surface area contributed by atoms with E-state index in [1.165, 1.54) is 0 Å². The minimum atomic E-state index is -0.559. The van der Waals surface area contributed by atoms with Crippen LogP contribution in [0.3, 0.4) is 0 Å². The van der Waals surface area contributed by atoms with Gasteiger partial charge >= 0.3 is 6.09 Å². The standard InChI is InChI=1S/C20H26N4O2/c1-15-16(2)24(12-8-11-23(3)4)19(18(15)13-21)22-20(25)26-14-17-9-6-5-7-10-17/h5-7,9-10H,8,11-12,14H2,1-4H3,(H,22,25). The Bertz CT molecular complexity index is 788. The summed E-state index contributed by atoms with van der Waals surface area (Å²) >= 11 is 0. The number of hydrogen-bond acceptors (Lipinski definition) is 4. The summed E-state index contributed by atoms with van der Waals surface area (Å²) in [4.78, 5) is 14.4. The third kappa shape index (κ3) is 4.87. The van der Waals surface area contributed by atoms with Gasteiger partial charge < -0.3 is 14.2 Å². The molecule has 0 spiro atoms. The Labute approximate surface area is 155 Å². The Hall–Kier alpha value is -2.78. The number of hydrogen-bond donors (Lipinski definition) is 1. The van der Waals surface area contributed by atoms with Crippen molar-refractivity contribution >= 4 is 11.9 Å². The maximum Gasteiger partial charge on any atom is 0.413 e. The third-order valence-electron chi connectivity index (χ3n) is 4.36. The number of amides is 1. The fraction of sp³-hybridized carbons (Fsp3) is 0.400. The topological polar surface area (TPSA) is 70.3 Å². The molecular weight excluding hydrogens is 328 g/mol. The van der Waals surface area contributed by atoms with Crippen molar-refractivity contribution in [1.82, 2.24) is 9.47 Å². The monoisotopic (exact) mass is 354 g/mol. The van der Waals surface area contributed by atoms with Crippen molar-refractivity contribution in [3.8, 4) is 6.07 Å². The van der Waals surface area contributed by atoms with Gasteiger partial charge in [0.25, 0.3) is 0 Å². The molecule has 1 amide bonds. The van der Waals surface area contributed by atoms with E-state index >= 15 is 0 Å². The van der Waals surface area contributed by atoms with Gasteiger partial charge in [0, 0.05) is 12.2 Å². The molecule has 1 heterocycles. The van der Waals surface area contributed by atoms with Gasteiger partial charge in [-0.2, -0.15) is 5.26 Å². The number of carbonyl (C=O) groups excluding carboxylic acids is 1. The lowest BCUT2D eigenvalue weighted by Gasteiger charge is -2.15. The van der Waals surface area contributed by atoms with Crippen LogP contribution >= 0.6 is 0 Å². The van der Waals surface area contributed by atoms with Gasteiger partial charge in [-0.15, -0.1) is 0 Å². The summed E-state index contributed by atoms with van der Waals surface area (Å²) < 4.78 is 7.28. The molecule has 0 fully saturated rings. The SMILES string of the molecule is Cc1c(C#N)c(NC(=O)OCc2ccccc2)n(CCCN(C)C)c1C. The van der Waals surface area contributed by atoms with E-state index in [1.54, 1.807) is 0 Å². The van der Waals surface area contributed by atoms with E-state index < -0.39 is 6.09 Å². The summed E-state index contributed by atoms with van der Waals surface area (Å²) in [6.45, 7) is 5.70. The molecule has 1 aromatic carbocycles. The number of benzene rings is 1. The maximum absolute atomic E-state index is 12.2. The number of ether oxygens (including phenoxy) is 1. The van der Waals surface area contributed by atoms with E-state index in [0.717, 1.165) is 36.3 Å². The minimum Gasteiger partial charge on any atom is -0.444 e. The molecule has 2 rings (SSSR count). The lowest BCUT2D eigenvalue weighted by molar-refractivity contribution is 0.155. The van der Waals surface area contributed by atoms with Crippen molar-refractivity contribution in [2.75, 3.05) is 26.0 Å². The van der Waals surface area contributed by atoms with Gasteiger partial charge in [-0.05, 0) is 52.0 Å². The molecule has 0 radical (unpaired) electrons. The third-order valence-corrected chi connectivity index (χ3v) is 4.36. The molecule has 2 aromatic rings. The molecule has 6 nitrogen and oxygen atoms in total. The van der Waals surface area contributed by atoms with Crippen molar-refractivity contribution in [2.45, 2.75) is 33.4 Å². The zero-order chi connectivity index (χ0) is 19.1. The van der Waals surface area contributed by atoms with Gasteiger partial charge in [-0.25, -0.2) is 4.79 Å². The molecule has 0 bridgehead atoms. The summed E-state index contributed by atoms with van der Waals surface area (Å²) in [7, 11) is 4.04. The Morgan fingerprint density at radius 1 is 1.27 bits per heavy atom. The van der Waals surface area contributed by atoms with Crippen LogP contribution in [0.1, 0.15) is 28.8 Å². The Balaban J connectivity index is 2.12. The Morgan fingerprint density at radius 3 is 2.58 bits per heavy atom. The number of aromatic nitrogens is 1. The molecule has 0 atom stereocenters. The second kappa shape index (κ2) is 9.07. The highest BCUT2D eigenvalue weighted by molar-refractivity contribution is 5.86. The minimum absolute atomic E-state index is 0.188. The molecule has 26 heavy (non-hydrogen) atoms. The van der Waals surface area contributed by atoms with Gasteiger partial charge in [-0.1, -0.05) is 30.3 Å². The van der Waals surface area contributed by atoms with E-state index in [1.807, 2.05) is 62.8 Å². The van der Waals surface area contributed by atoms with E-state index in [0.29, 0.717) is 11.4 Å². The van der Waals surface area contributed by atoms with Crippen LogP contribution in [0.2, 0.25) is 0 Å². The number of anilines is 1. The van der Waals surface area contributed by atoms with E-state index in [-0.39, 0.29) is 6.61 Å². The number of nitriles is 1. The molecule has 0 aliphatic heterocycles. The maximum atomic E-state index is 12.2. The predicted molar refractivity (Wildman–Crippen MR) is 102 cm³/mol. The average Bonchev–Trinajstić information content (AvgIpc) is 2.84. The highest BCUT2D eigenvalue weighted by Crippen LogP contribution is 2.26. The summed E-state index contributed by atoms with van der Waals surface area (Å²) in [5.41, 5.74) is 3.27. The first-order valence-electron chi connectivity index (χ1n) is 8.66. The fourth-order valence-corrected chi connectivity index (χ4v) is 2.81. The molecule has 1 aromatic heterocycles. The normalized spacial score (nSPS) is 10.6. The van der Waals surface area contributed by atoms with Gasteiger partial charge in [0.15, 0.2) is 0 Å². The summed E-state index contributed by atoms with van der Waals surface area (Å²) in [5.74, 6) is 0.513. The van der Waals surface area contributed by atoms with Crippen molar-refractivity contribution in [1.29, 1.82) is 5.26 Å². The largest absolute Gasteiger partial charge is 0.444 e. The smallest absolute Gasteiger partial charge is 0.413 e. The zero-order valence-corrected chi connectivity index (χ0v) is 15.9. The highest BCUT2D eigenvalue weighted by atomic mass is 16.5. The first-order chi connectivity index (χ1) is 12.4. The summed E-state index contributed by atoms with van der Waals surface area (Å²) in [6, 6.07) is 11.7. The van der Waals surface area contributed by atoms with Crippen molar-refractivity contribution in [3.63, 3.8) is 0 Å². The molecule has 6 heteroatoms. The zero-order valence-electron chi connectivity index (χ0n) is 15.9. The molecular formula is C20H26N4O2.